The van der Waals surface area contributed by atoms with E-state index in [1.54, 1.807) is 0 Å². The molecule has 0 radical (unpaired) electrons. The van der Waals surface area contributed by atoms with Gasteiger partial charge in [-0.15, -0.1) is 44.1 Å². The number of H-pyrrole nitrogens is 2. The Labute approximate surface area is 791 Å². The largest absolute Gasteiger partial charge is 2.00 e. The van der Waals surface area contributed by atoms with Crippen molar-refractivity contribution in [3.05, 3.63) is 432 Å². The van der Waals surface area contributed by atoms with Gasteiger partial charge in [-0.25, -0.2) is 29.9 Å². The van der Waals surface area contributed by atoms with Gasteiger partial charge in [0.1, 0.15) is 0 Å². The quantitative estimate of drug-likeness (QED) is 0.112. The molecule has 0 unspecified atom stereocenters. The number of nitrogens with one attached hydrogen (secondary N) is 2. The summed E-state index contributed by atoms with van der Waals surface area (Å²) in [7, 11) is 0. The number of hydrogen-bond acceptors (Lipinski definition) is 6. The second-order valence-electron chi connectivity index (χ2n) is 33.2. The number of aromatic amines is 2. The van der Waals surface area contributed by atoms with Crippen LogP contribution in [-0.4, -0.2) is 39.9 Å². The second-order valence-corrected chi connectivity index (χ2v) is 33.2. The number of fused-ring (bicyclic) bond motifs is 24. The smallest absolute Gasteiger partial charge is 0.657 e. The summed E-state index contributed by atoms with van der Waals surface area (Å²) in [5.74, 6) is 0. The number of hydrogen-bond donors (Lipinski definition) is 2. The summed E-state index contributed by atoms with van der Waals surface area (Å²) in [5.41, 5.74) is 40.7. The van der Waals surface area contributed by atoms with Crippen LogP contribution in [0.4, 0.5) is 0 Å². The molecule has 0 saturated carbocycles. The fourth-order valence-corrected chi connectivity index (χ4v) is 19.6. The predicted molar refractivity (Wildman–Crippen MR) is 545 cm³/mol. The van der Waals surface area contributed by atoms with Gasteiger partial charge in [0, 0.05) is 44.3 Å². The van der Waals surface area contributed by atoms with E-state index >= 15 is 0 Å². The van der Waals surface area contributed by atoms with Gasteiger partial charge in [0.15, 0.2) is 0 Å². The summed E-state index contributed by atoms with van der Waals surface area (Å²) in [6.07, 6.45) is 25.7. The summed E-state index contributed by atoms with van der Waals surface area (Å²) in [5, 5.41) is 0. The van der Waals surface area contributed by atoms with Crippen LogP contribution in [0.2, 0.25) is 0 Å². The molecule has 10 aromatic carbocycles. The maximum atomic E-state index is 5.94. The van der Waals surface area contributed by atoms with E-state index in [1.807, 2.05) is 36.4 Å². The van der Waals surface area contributed by atoms with Gasteiger partial charge < -0.3 is 29.9 Å². The van der Waals surface area contributed by atoms with Crippen molar-refractivity contribution in [1.82, 2.24) is 59.8 Å². The SMILES string of the molecule is C1=Cc2nc1c(-c1ccccc1)c1ccc([n-]1)c(-c1ccccc1)c1nc(c(-c3ccccc3-c3c4nc(c(-c5ccccc5)c5ccc([nH]5)c(-c5ccccc5-c5c6nc(c(-c7ccccc7)c7ccc([n-]7)c(-c7ccccc7)c7nc(c(-c8ccccc8)c8ccc5[n-]8)C=C7)C=C6)c5nc(c(-c6ccccc6)c6ccc3[nH]6)C=C5)C=C4)c3ccc([n-]3)c2-c2ccccc2)C=C1.[Ni+2].[Ni+2]. The van der Waals surface area contributed by atoms with E-state index in [2.05, 4.69) is 410 Å². The average Bonchev–Trinajstić information content (AvgIpc) is 1.60. The van der Waals surface area contributed by atoms with Gasteiger partial charge >= 0.3 is 33.0 Å². The van der Waals surface area contributed by atoms with Crippen LogP contribution in [0.25, 0.3) is 273 Å². The van der Waals surface area contributed by atoms with Crippen molar-refractivity contribution in [3.63, 3.8) is 0 Å². The average molecular weight is 1800 g/mol. The Morgan fingerprint density at radius 3 is 0.478 bits per heavy atom. The first-order valence-corrected chi connectivity index (χ1v) is 44.3. The van der Waals surface area contributed by atoms with Crippen LogP contribution in [0.1, 0.15) is 68.3 Å². The van der Waals surface area contributed by atoms with Gasteiger partial charge in [0.25, 0.3) is 0 Å². The van der Waals surface area contributed by atoms with E-state index in [-0.39, 0.29) is 33.0 Å². The Morgan fingerprint density at radius 1 is 0.134 bits per heavy atom. The van der Waals surface area contributed by atoms with E-state index in [9.17, 15) is 0 Å². The molecule has 6 aliphatic rings. The van der Waals surface area contributed by atoms with Crippen molar-refractivity contribution in [1.29, 1.82) is 0 Å². The van der Waals surface area contributed by atoms with Crippen molar-refractivity contribution < 1.29 is 33.0 Å². The predicted octanol–water partition coefficient (Wildman–Crippen LogP) is 29.1. The first-order valence-electron chi connectivity index (χ1n) is 44.3. The van der Waals surface area contributed by atoms with Gasteiger partial charge in [0.05, 0.1) is 68.3 Å². The summed E-state index contributed by atoms with van der Waals surface area (Å²) < 4.78 is 0. The van der Waals surface area contributed by atoms with E-state index < -0.39 is 0 Å². The standard InChI is InChI=1S/C120H74N12.2Ni/c1-9-29-73(30-10-1)109-85-49-53-89(121-85)111(75-33-13-3-14-34-75)93-57-65-101(125-93)117(102-66-58-94(126-102)112(76-35-15-4-16-36-76)90-54-50-86(109)122-90)81-45-25-27-47-83(81)119-105-69-61-97(129-105)115(79-41-21-7-22-42-79)99-63-71-107(131-99)120(108-72-64-100(132-108)116(80-43-23-8-24-44-80)98-62-70-106(119)130-98)84-48-28-26-46-82(84)118-103-67-59-95(127-103)113(77-37-17-5-18-38-77)91-55-51-87(123-91)110(74-31-11-2-12-32-74)88-52-56-92(124-88)114(78-39-19-6-20-40-78)96-60-68-104(118)128-96;;/h1-72,129,132H;;/q-4;2*+2. The van der Waals surface area contributed by atoms with Crippen molar-refractivity contribution in [2.45, 2.75) is 0 Å². The first kappa shape index (κ1) is 81.5. The minimum atomic E-state index is 0. The Kier molecular flexibility index (Phi) is 20.9. The molecule has 25 rings (SSSR count). The van der Waals surface area contributed by atoms with Crippen molar-refractivity contribution in [3.8, 4) is 134 Å². The fourth-order valence-electron chi connectivity index (χ4n) is 19.6. The maximum Gasteiger partial charge on any atom is 2.00 e. The minimum absolute atomic E-state index is 0. The van der Waals surface area contributed by atoms with Gasteiger partial charge in [-0.05, 0) is 208 Å². The van der Waals surface area contributed by atoms with Crippen LogP contribution in [0.5, 0.6) is 0 Å². The molecule has 134 heavy (non-hydrogen) atoms. The maximum absolute atomic E-state index is 5.94. The molecule has 9 aromatic heterocycles. The van der Waals surface area contributed by atoms with Crippen LogP contribution in [0.3, 0.4) is 0 Å². The molecule has 2 N–H and O–H groups in total. The molecule has 0 aliphatic carbocycles. The number of aromatic nitrogens is 12. The third kappa shape index (κ3) is 14.5. The molecule has 634 valence electrons. The van der Waals surface area contributed by atoms with Crippen LogP contribution in [-0.2, 0) is 33.0 Å². The van der Waals surface area contributed by atoms with Gasteiger partial charge in [-0.3, -0.25) is 0 Å². The van der Waals surface area contributed by atoms with E-state index in [4.69, 9.17) is 49.8 Å². The summed E-state index contributed by atoms with van der Waals surface area (Å²) in [6.45, 7) is 0. The Balaban J connectivity index is 0.00000507. The Hall–Kier alpha value is -17.0. The molecule has 12 nitrogen and oxygen atoms in total. The van der Waals surface area contributed by atoms with Gasteiger partial charge in [0.2, 0.25) is 0 Å². The molecule has 0 atom stereocenters. The fraction of sp³-hybridized carbons (Fsp3) is 0. The first-order chi connectivity index (χ1) is 65.4. The molecular formula is C120H74N12Ni2. The number of rotatable bonds is 12. The Morgan fingerprint density at radius 2 is 0.276 bits per heavy atom. The van der Waals surface area contributed by atoms with Crippen LogP contribution >= 0.6 is 0 Å². The number of benzene rings is 10. The monoisotopic (exact) mass is 1800 g/mol. The summed E-state index contributed by atoms with van der Waals surface area (Å²) in [6, 6.07) is 127. The molecular weight excluding hydrogens is 1730 g/mol. The van der Waals surface area contributed by atoms with Crippen molar-refractivity contribution in [2.24, 2.45) is 0 Å². The van der Waals surface area contributed by atoms with Crippen LogP contribution in [0, 0.1) is 0 Å². The number of nitrogens with zero attached hydrogens (tertiary/aromatic N) is 10. The van der Waals surface area contributed by atoms with E-state index in [1.165, 1.54) is 0 Å². The van der Waals surface area contributed by atoms with E-state index in [0.717, 1.165) is 268 Å². The molecule has 0 fully saturated rings. The molecule has 6 aliphatic heterocycles. The molecule has 19 aromatic rings. The summed E-state index contributed by atoms with van der Waals surface area (Å²) in [4.78, 5) is 65.6. The normalized spacial score (nSPS) is 12.2. The zero-order valence-corrected chi connectivity index (χ0v) is 73.6. The second kappa shape index (κ2) is 34.5. The zero-order valence-electron chi connectivity index (χ0n) is 71.7. The summed E-state index contributed by atoms with van der Waals surface area (Å²) >= 11 is 0. The molecule has 14 heteroatoms. The zero-order chi connectivity index (χ0) is 87.1. The molecule has 15 heterocycles. The molecule has 0 saturated heterocycles. The molecule has 0 spiro atoms. The molecule has 24 bridgehead atoms. The van der Waals surface area contributed by atoms with Gasteiger partial charge in [-0.1, -0.05) is 340 Å². The third-order valence-corrected chi connectivity index (χ3v) is 25.4. The van der Waals surface area contributed by atoms with E-state index in [0.29, 0.717) is 0 Å². The third-order valence-electron chi connectivity index (χ3n) is 25.4. The minimum Gasteiger partial charge on any atom is -0.657 e. The topological polar surface area (TPSA) is 165 Å². The Bertz CT molecular complexity index is 8130. The van der Waals surface area contributed by atoms with Crippen molar-refractivity contribution >= 4 is 139 Å². The van der Waals surface area contributed by atoms with Crippen LogP contribution in [0.15, 0.2) is 364 Å². The molecule has 0 amide bonds. The van der Waals surface area contributed by atoms with Crippen molar-refractivity contribution in [2.75, 3.05) is 0 Å². The van der Waals surface area contributed by atoms with Crippen LogP contribution < -0.4 is 19.9 Å². The van der Waals surface area contributed by atoms with Gasteiger partial charge in [-0.2, -0.15) is 0 Å².